The minimum Gasteiger partial charge on any atom is -0.496 e. The zero-order chi connectivity index (χ0) is 20.3. The SMILES string of the molecule is COc1ccccc1CNC(=O)C1(C(=O)N2CCN(c3ccccc3)CC2)CC1. The number of nitrogens with one attached hydrogen (secondary N) is 1. The molecule has 1 heterocycles. The first-order chi connectivity index (χ1) is 14.1. The molecule has 2 fully saturated rings. The Balaban J connectivity index is 1.34. The van der Waals surface area contributed by atoms with Crippen LogP contribution >= 0.6 is 0 Å². The molecule has 2 aromatic rings. The molecule has 29 heavy (non-hydrogen) atoms. The van der Waals surface area contributed by atoms with Crippen molar-refractivity contribution >= 4 is 17.5 Å². The standard InChI is InChI=1S/C23H27N3O3/c1-29-20-10-6-5-7-18(20)17-24-21(27)23(11-12-23)22(28)26-15-13-25(14-16-26)19-8-3-2-4-9-19/h2-10H,11-17H2,1H3,(H,24,27). The summed E-state index contributed by atoms with van der Waals surface area (Å²) in [6.07, 6.45) is 1.25. The van der Waals surface area contributed by atoms with Crippen LogP contribution in [0.3, 0.4) is 0 Å². The summed E-state index contributed by atoms with van der Waals surface area (Å²) in [6.45, 7) is 3.23. The first kappa shape index (κ1) is 19.3. The number of anilines is 1. The topological polar surface area (TPSA) is 61.9 Å². The van der Waals surface area contributed by atoms with Gasteiger partial charge in [-0.25, -0.2) is 0 Å². The quantitative estimate of drug-likeness (QED) is 0.766. The third kappa shape index (κ3) is 3.92. The van der Waals surface area contributed by atoms with Gasteiger partial charge < -0.3 is 19.9 Å². The predicted molar refractivity (Wildman–Crippen MR) is 112 cm³/mol. The van der Waals surface area contributed by atoms with Gasteiger partial charge in [0.1, 0.15) is 11.2 Å². The minimum absolute atomic E-state index is 0.0252. The molecule has 0 bridgehead atoms. The number of ether oxygens (including phenoxy) is 1. The van der Waals surface area contributed by atoms with Crippen LogP contribution in [-0.2, 0) is 16.1 Å². The van der Waals surface area contributed by atoms with Crippen molar-refractivity contribution in [1.82, 2.24) is 10.2 Å². The molecule has 2 aromatic carbocycles. The van der Waals surface area contributed by atoms with E-state index in [1.165, 1.54) is 5.69 Å². The van der Waals surface area contributed by atoms with E-state index in [-0.39, 0.29) is 11.8 Å². The Morgan fingerprint density at radius 1 is 0.966 bits per heavy atom. The molecular weight excluding hydrogens is 366 g/mol. The predicted octanol–water partition coefficient (Wildman–Crippen LogP) is 2.44. The fourth-order valence-corrected chi connectivity index (χ4v) is 3.97. The van der Waals surface area contributed by atoms with Gasteiger partial charge in [0.25, 0.3) is 0 Å². The second-order valence-corrected chi connectivity index (χ2v) is 7.69. The summed E-state index contributed by atoms with van der Waals surface area (Å²) in [7, 11) is 1.61. The van der Waals surface area contributed by atoms with Gasteiger partial charge >= 0.3 is 0 Å². The van der Waals surface area contributed by atoms with Crippen LogP contribution in [0.2, 0.25) is 0 Å². The van der Waals surface area contributed by atoms with Crippen LogP contribution < -0.4 is 15.0 Å². The molecular formula is C23H27N3O3. The Kier molecular flexibility index (Phi) is 5.43. The van der Waals surface area contributed by atoms with E-state index in [1.54, 1.807) is 7.11 Å². The second kappa shape index (κ2) is 8.15. The van der Waals surface area contributed by atoms with E-state index in [9.17, 15) is 9.59 Å². The molecule has 4 rings (SSSR count). The number of amides is 2. The van der Waals surface area contributed by atoms with E-state index >= 15 is 0 Å². The molecule has 0 spiro atoms. The molecule has 6 nitrogen and oxygen atoms in total. The average Bonchev–Trinajstić information content (AvgIpc) is 3.60. The highest BCUT2D eigenvalue weighted by molar-refractivity contribution is 6.07. The number of para-hydroxylation sites is 2. The highest BCUT2D eigenvalue weighted by Crippen LogP contribution is 2.47. The summed E-state index contributed by atoms with van der Waals surface area (Å²) < 4.78 is 5.34. The van der Waals surface area contributed by atoms with Gasteiger partial charge in [-0.1, -0.05) is 36.4 Å². The largest absolute Gasteiger partial charge is 0.496 e. The fraction of sp³-hybridized carbons (Fsp3) is 0.391. The van der Waals surface area contributed by atoms with Gasteiger partial charge in [0, 0.05) is 44.0 Å². The highest BCUT2D eigenvalue weighted by atomic mass is 16.5. The molecule has 1 aliphatic carbocycles. The van der Waals surface area contributed by atoms with Crippen LogP contribution in [0, 0.1) is 5.41 Å². The van der Waals surface area contributed by atoms with E-state index in [1.807, 2.05) is 47.4 Å². The number of benzene rings is 2. The maximum absolute atomic E-state index is 13.1. The second-order valence-electron chi connectivity index (χ2n) is 7.69. The molecule has 2 aliphatic rings. The number of carbonyl (C=O) groups is 2. The molecule has 1 N–H and O–H groups in total. The van der Waals surface area contributed by atoms with E-state index in [0.29, 0.717) is 32.5 Å². The molecule has 1 saturated heterocycles. The van der Waals surface area contributed by atoms with Crippen molar-refractivity contribution in [1.29, 1.82) is 0 Å². The first-order valence-electron chi connectivity index (χ1n) is 10.1. The van der Waals surface area contributed by atoms with Crippen LogP contribution in [0.1, 0.15) is 18.4 Å². The molecule has 1 aliphatic heterocycles. The Hall–Kier alpha value is -3.02. The Labute approximate surface area is 171 Å². The summed E-state index contributed by atoms with van der Waals surface area (Å²) in [5.74, 6) is 0.544. The summed E-state index contributed by atoms with van der Waals surface area (Å²) in [5, 5.41) is 2.95. The lowest BCUT2D eigenvalue weighted by Gasteiger charge is -2.37. The number of methoxy groups -OCH3 is 1. The summed E-state index contributed by atoms with van der Waals surface area (Å²) in [6, 6.07) is 17.8. The van der Waals surface area contributed by atoms with Crippen LogP contribution in [0.5, 0.6) is 5.75 Å². The van der Waals surface area contributed by atoms with Crippen LogP contribution in [0.15, 0.2) is 54.6 Å². The van der Waals surface area contributed by atoms with E-state index in [2.05, 4.69) is 22.3 Å². The summed E-state index contributed by atoms with van der Waals surface area (Å²) >= 11 is 0. The molecule has 152 valence electrons. The van der Waals surface area contributed by atoms with Gasteiger partial charge in [0.2, 0.25) is 11.8 Å². The molecule has 0 atom stereocenters. The Morgan fingerprint density at radius 2 is 1.62 bits per heavy atom. The number of rotatable bonds is 6. The van der Waals surface area contributed by atoms with Gasteiger partial charge in [0.05, 0.1) is 7.11 Å². The molecule has 0 unspecified atom stereocenters. The summed E-state index contributed by atoms with van der Waals surface area (Å²) in [4.78, 5) is 30.1. The zero-order valence-corrected chi connectivity index (χ0v) is 16.8. The first-order valence-corrected chi connectivity index (χ1v) is 10.1. The van der Waals surface area contributed by atoms with Crippen molar-refractivity contribution in [3.63, 3.8) is 0 Å². The maximum atomic E-state index is 13.1. The molecule has 1 saturated carbocycles. The number of hydrogen-bond acceptors (Lipinski definition) is 4. The van der Waals surface area contributed by atoms with Gasteiger partial charge in [-0.3, -0.25) is 9.59 Å². The number of nitrogens with zero attached hydrogens (tertiary/aromatic N) is 2. The normalized spacial score (nSPS) is 17.6. The van der Waals surface area contributed by atoms with E-state index in [4.69, 9.17) is 4.74 Å². The zero-order valence-electron chi connectivity index (χ0n) is 16.8. The Bertz CT molecular complexity index is 872. The van der Waals surface area contributed by atoms with Crippen molar-refractivity contribution in [2.24, 2.45) is 5.41 Å². The van der Waals surface area contributed by atoms with Gasteiger partial charge in [0.15, 0.2) is 0 Å². The van der Waals surface area contributed by atoms with Crippen LogP contribution in [0.25, 0.3) is 0 Å². The van der Waals surface area contributed by atoms with Crippen molar-refractivity contribution in [2.75, 3.05) is 38.2 Å². The summed E-state index contributed by atoms with van der Waals surface area (Å²) in [5.41, 5.74) is 1.20. The fourth-order valence-electron chi connectivity index (χ4n) is 3.97. The lowest BCUT2D eigenvalue weighted by molar-refractivity contribution is -0.144. The average molecular weight is 393 g/mol. The molecule has 0 radical (unpaired) electrons. The van der Waals surface area contributed by atoms with E-state index < -0.39 is 5.41 Å². The number of carbonyl (C=O) groups excluding carboxylic acids is 2. The molecule has 2 amide bonds. The Morgan fingerprint density at radius 3 is 2.28 bits per heavy atom. The van der Waals surface area contributed by atoms with Gasteiger partial charge in [-0.2, -0.15) is 0 Å². The number of hydrogen-bond donors (Lipinski definition) is 1. The third-order valence-electron chi connectivity index (χ3n) is 5.91. The van der Waals surface area contributed by atoms with Crippen molar-refractivity contribution in [3.05, 3.63) is 60.2 Å². The van der Waals surface area contributed by atoms with Crippen LogP contribution in [-0.4, -0.2) is 50.0 Å². The third-order valence-corrected chi connectivity index (χ3v) is 5.91. The molecule has 6 heteroatoms. The monoisotopic (exact) mass is 393 g/mol. The van der Waals surface area contributed by atoms with E-state index in [0.717, 1.165) is 24.4 Å². The smallest absolute Gasteiger partial charge is 0.238 e. The number of piperazine rings is 1. The lowest BCUT2D eigenvalue weighted by Crippen LogP contribution is -2.53. The lowest BCUT2D eigenvalue weighted by atomic mass is 10.0. The minimum atomic E-state index is -0.878. The van der Waals surface area contributed by atoms with Crippen molar-refractivity contribution < 1.29 is 14.3 Å². The molecule has 0 aromatic heterocycles. The maximum Gasteiger partial charge on any atom is 0.238 e. The highest BCUT2D eigenvalue weighted by Gasteiger charge is 2.58. The van der Waals surface area contributed by atoms with Gasteiger partial charge in [-0.05, 0) is 31.0 Å². The van der Waals surface area contributed by atoms with Crippen molar-refractivity contribution in [2.45, 2.75) is 19.4 Å². The van der Waals surface area contributed by atoms with Gasteiger partial charge in [-0.15, -0.1) is 0 Å². The van der Waals surface area contributed by atoms with Crippen LogP contribution in [0.4, 0.5) is 5.69 Å². The van der Waals surface area contributed by atoms with Crippen molar-refractivity contribution in [3.8, 4) is 5.75 Å².